The Morgan fingerprint density at radius 3 is 2.07 bits per heavy atom. The molecule has 0 aliphatic heterocycles. The lowest BCUT2D eigenvalue weighted by molar-refractivity contribution is 0.616. The molecule has 0 unspecified atom stereocenters. The SMILES string of the molecule is C1CCCC1.c1ccc2occc2c1. The predicted molar refractivity (Wildman–Crippen MR) is 59.3 cm³/mol. The number of benzene rings is 1. The van der Waals surface area contributed by atoms with Gasteiger partial charge in [0.05, 0.1) is 6.26 Å². The Bertz CT molecular complexity index is 334. The molecule has 1 aliphatic rings. The second kappa shape index (κ2) is 4.85. The third-order valence-corrected chi connectivity index (χ3v) is 2.61. The molecule has 0 spiro atoms. The van der Waals surface area contributed by atoms with Gasteiger partial charge in [0.2, 0.25) is 0 Å². The van der Waals surface area contributed by atoms with Gasteiger partial charge in [0.15, 0.2) is 0 Å². The van der Waals surface area contributed by atoms with Crippen molar-refractivity contribution in [2.75, 3.05) is 0 Å². The predicted octanol–water partition coefficient (Wildman–Crippen LogP) is 4.38. The summed E-state index contributed by atoms with van der Waals surface area (Å²) in [6.45, 7) is 0. The monoisotopic (exact) mass is 188 g/mol. The van der Waals surface area contributed by atoms with E-state index in [0.717, 1.165) is 11.0 Å². The number of hydrogen-bond acceptors (Lipinski definition) is 1. The van der Waals surface area contributed by atoms with Crippen LogP contribution in [0.15, 0.2) is 41.0 Å². The van der Waals surface area contributed by atoms with E-state index in [4.69, 9.17) is 4.42 Å². The third-order valence-electron chi connectivity index (χ3n) is 2.61. The van der Waals surface area contributed by atoms with Crippen molar-refractivity contribution >= 4 is 11.0 Å². The average molecular weight is 188 g/mol. The van der Waals surface area contributed by atoms with Gasteiger partial charge in [0.25, 0.3) is 0 Å². The fourth-order valence-electron chi connectivity index (χ4n) is 1.79. The van der Waals surface area contributed by atoms with E-state index in [9.17, 15) is 0 Å². The fraction of sp³-hybridized carbons (Fsp3) is 0.385. The Kier molecular flexibility index (Phi) is 3.23. The molecule has 0 N–H and O–H groups in total. The molecule has 1 fully saturated rings. The normalized spacial score (nSPS) is 15.1. The number of furan rings is 1. The van der Waals surface area contributed by atoms with E-state index in [-0.39, 0.29) is 0 Å². The zero-order valence-corrected chi connectivity index (χ0v) is 8.41. The molecule has 1 nitrogen and oxygen atoms in total. The fourth-order valence-corrected chi connectivity index (χ4v) is 1.79. The molecule has 1 heteroatoms. The van der Waals surface area contributed by atoms with Crippen LogP contribution in [0.3, 0.4) is 0 Å². The number of fused-ring (bicyclic) bond motifs is 1. The molecule has 2 aromatic rings. The van der Waals surface area contributed by atoms with Crippen molar-refractivity contribution in [2.45, 2.75) is 32.1 Å². The van der Waals surface area contributed by atoms with Crippen molar-refractivity contribution < 1.29 is 4.42 Å². The number of rotatable bonds is 0. The lowest BCUT2D eigenvalue weighted by atomic mass is 10.3. The van der Waals surface area contributed by atoms with E-state index in [1.165, 1.54) is 32.1 Å². The molecule has 1 aliphatic carbocycles. The molecule has 0 atom stereocenters. The molecule has 14 heavy (non-hydrogen) atoms. The molecule has 0 radical (unpaired) electrons. The Labute approximate surface area is 84.7 Å². The van der Waals surface area contributed by atoms with Gasteiger partial charge in [-0.25, -0.2) is 0 Å². The highest BCUT2D eigenvalue weighted by Gasteiger charge is 1.95. The lowest BCUT2D eigenvalue weighted by Gasteiger charge is -1.81. The first-order valence-corrected chi connectivity index (χ1v) is 5.39. The minimum absolute atomic E-state index is 0.956. The van der Waals surface area contributed by atoms with Crippen molar-refractivity contribution in [1.82, 2.24) is 0 Å². The van der Waals surface area contributed by atoms with Crippen LogP contribution in [0.2, 0.25) is 0 Å². The summed E-state index contributed by atoms with van der Waals surface area (Å²) in [6, 6.07) is 9.90. The van der Waals surface area contributed by atoms with Gasteiger partial charge in [-0.2, -0.15) is 0 Å². The average Bonchev–Trinajstić information content (AvgIpc) is 2.92. The molecule has 1 heterocycles. The van der Waals surface area contributed by atoms with Crippen LogP contribution in [0.25, 0.3) is 11.0 Å². The Morgan fingerprint density at radius 1 is 0.786 bits per heavy atom. The minimum atomic E-state index is 0.956. The summed E-state index contributed by atoms with van der Waals surface area (Å²) in [5, 5.41) is 1.16. The van der Waals surface area contributed by atoms with Gasteiger partial charge < -0.3 is 4.42 Å². The smallest absolute Gasteiger partial charge is 0.133 e. The van der Waals surface area contributed by atoms with Crippen LogP contribution >= 0.6 is 0 Å². The zero-order valence-electron chi connectivity index (χ0n) is 8.41. The summed E-state index contributed by atoms with van der Waals surface area (Å²) in [6.07, 6.45) is 9.20. The first kappa shape index (κ1) is 9.32. The van der Waals surface area contributed by atoms with E-state index in [0.29, 0.717) is 0 Å². The van der Waals surface area contributed by atoms with Crippen molar-refractivity contribution in [3.8, 4) is 0 Å². The van der Waals surface area contributed by atoms with Gasteiger partial charge in [-0.15, -0.1) is 0 Å². The Balaban J connectivity index is 0.000000128. The van der Waals surface area contributed by atoms with Gasteiger partial charge in [-0.3, -0.25) is 0 Å². The largest absolute Gasteiger partial charge is 0.464 e. The van der Waals surface area contributed by atoms with Gasteiger partial charge in [-0.05, 0) is 12.1 Å². The van der Waals surface area contributed by atoms with Crippen molar-refractivity contribution in [3.63, 3.8) is 0 Å². The van der Waals surface area contributed by atoms with Crippen LogP contribution in [0, 0.1) is 0 Å². The maximum Gasteiger partial charge on any atom is 0.133 e. The molecular weight excluding hydrogens is 172 g/mol. The van der Waals surface area contributed by atoms with Crippen molar-refractivity contribution in [1.29, 1.82) is 0 Å². The summed E-state index contributed by atoms with van der Waals surface area (Å²) in [7, 11) is 0. The quantitative estimate of drug-likeness (QED) is 0.597. The van der Waals surface area contributed by atoms with E-state index < -0.39 is 0 Å². The summed E-state index contributed by atoms with van der Waals surface area (Å²) >= 11 is 0. The van der Waals surface area contributed by atoms with Gasteiger partial charge in [0, 0.05) is 5.39 Å². The van der Waals surface area contributed by atoms with Crippen LogP contribution in [0.1, 0.15) is 32.1 Å². The number of hydrogen-bond donors (Lipinski definition) is 0. The van der Waals surface area contributed by atoms with Gasteiger partial charge in [-0.1, -0.05) is 50.3 Å². The van der Waals surface area contributed by atoms with Crippen LogP contribution in [-0.2, 0) is 0 Å². The summed E-state index contributed by atoms with van der Waals surface area (Å²) < 4.78 is 5.12. The molecule has 0 amide bonds. The maximum atomic E-state index is 5.12. The summed E-state index contributed by atoms with van der Waals surface area (Å²) in [5.74, 6) is 0. The van der Waals surface area contributed by atoms with Crippen molar-refractivity contribution in [2.24, 2.45) is 0 Å². The number of para-hydroxylation sites is 1. The van der Waals surface area contributed by atoms with E-state index in [2.05, 4.69) is 0 Å². The maximum absolute atomic E-state index is 5.12. The molecular formula is C13H16O. The van der Waals surface area contributed by atoms with E-state index in [1.807, 2.05) is 30.3 Å². The van der Waals surface area contributed by atoms with Crippen molar-refractivity contribution in [3.05, 3.63) is 36.6 Å². The molecule has 0 bridgehead atoms. The zero-order chi connectivity index (χ0) is 9.64. The summed E-state index contributed by atoms with van der Waals surface area (Å²) in [4.78, 5) is 0. The topological polar surface area (TPSA) is 13.1 Å². The van der Waals surface area contributed by atoms with Crippen LogP contribution < -0.4 is 0 Å². The molecule has 3 rings (SSSR count). The van der Waals surface area contributed by atoms with E-state index >= 15 is 0 Å². The van der Waals surface area contributed by atoms with Gasteiger partial charge >= 0.3 is 0 Å². The molecule has 1 aromatic carbocycles. The van der Waals surface area contributed by atoms with Gasteiger partial charge in [0.1, 0.15) is 5.58 Å². The summed E-state index contributed by atoms with van der Waals surface area (Å²) in [5.41, 5.74) is 0.956. The highest BCUT2D eigenvalue weighted by molar-refractivity contribution is 5.76. The Morgan fingerprint density at radius 2 is 1.43 bits per heavy atom. The first-order valence-electron chi connectivity index (χ1n) is 5.39. The highest BCUT2D eigenvalue weighted by atomic mass is 16.3. The lowest BCUT2D eigenvalue weighted by Crippen LogP contribution is -1.57. The second-order valence-electron chi connectivity index (χ2n) is 3.73. The third kappa shape index (κ3) is 2.38. The van der Waals surface area contributed by atoms with Crippen LogP contribution in [-0.4, -0.2) is 0 Å². The first-order chi connectivity index (χ1) is 6.97. The van der Waals surface area contributed by atoms with E-state index in [1.54, 1.807) is 6.26 Å². The Hall–Kier alpha value is -1.24. The molecule has 74 valence electrons. The molecule has 1 saturated carbocycles. The molecule has 0 saturated heterocycles. The highest BCUT2D eigenvalue weighted by Crippen LogP contribution is 2.15. The second-order valence-corrected chi connectivity index (χ2v) is 3.73. The van der Waals surface area contributed by atoms with Crippen LogP contribution in [0.4, 0.5) is 0 Å². The standard InChI is InChI=1S/C8H6O.C5H10/c1-2-4-8-7(3-1)5-6-9-8;1-2-4-5-3-1/h1-6H;1-5H2. The minimum Gasteiger partial charge on any atom is -0.464 e. The van der Waals surface area contributed by atoms with Crippen LogP contribution in [0.5, 0.6) is 0 Å². The molecule has 1 aromatic heterocycles.